The third-order valence-corrected chi connectivity index (χ3v) is 4.67. The van der Waals surface area contributed by atoms with Gasteiger partial charge in [0.1, 0.15) is 6.10 Å². The molecule has 3 heterocycles. The van der Waals surface area contributed by atoms with Crippen molar-refractivity contribution in [3.63, 3.8) is 0 Å². The van der Waals surface area contributed by atoms with Crippen LogP contribution >= 0.6 is 0 Å². The van der Waals surface area contributed by atoms with E-state index in [4.69, 9.17) is 4.74 Å². The van der Waals surface area contributed by atoms with Crippen LogP contribution in [0.2, 0.25) is 0 Å². The average molecular weight is 271 g/mol. The number of nitrogens with zero attached hydrogens (tertiary/aromatic N) is 1. The Kier molecular flexibility index (Phi) is 2.45. The van der Waals surface area contributed by atoms with E-state index in [-0.39, 0.29) is 18.1 Å². The SMILES string of the molecule is C[C@@H]1OC(=O)C2=C1N1CCc3ccccc3[C@H]1C[C@H]2O. The van der Waals surface area contributed by atoms with E-state index < -0.39 is 6.10 Å². The summed E-state index contributed by atoms with van der Waals surface area (Å²) in [4.78, 5) is 14.1. The van der Waals surface area contributed by atoms with Gasteiger partial charge in [-0.1, -0.05) is 24.3 Å². The number of carbonyl (C=O) groups excluding carboxylic acids is 1. The summed E-state index contributed by atoms with van der Waals surface area (Å²) in [6, 6.07) is 8.54. The molecule has 0 aromatic heterocycles. The molecule has 0 unspecified atom stereocenters. The van der Waals surface area contributed by atoms with Gasteiger partial charge in [-0.3, -0.25) is 0 Å². The summed E-state index contributed by atoms with van der Waals surface area (Å²) in [7, 11) is 0. The van der Waals surface area contributed by atoms with Crippen molar-refractivity contribution in [2.24, 2.45) is 0 Å². The lowest BCUT2D eigenvalue weighted by atomic mass is 9.83. The van der Waals surface area contributed by atoms with Gasteiger partial charge < -0.3 is 14.7 Å². The molecule has 104 valence electrons. The van der Waals surface area contributed by atoms with Crippen LogP contribution in [-0.2, 0) is 16.0 Å². The minimum atomic E-state index is -0.713. The molecule has 3 atom stereocenters. The van der Waals surface area contributed by atoms with Gasteiger partial charge in [0.05, 0.1) is 23.4 Å². The zero-order valence-electron chi connectivity index (χ0n) is 11.4. The number of ether oxygens (including phenoxy) is 1. The number of rotatable bonds is 0. The van der Waals surface area contributed by atoms with E-state index in [9.17, 15) is 9.90 Å². The monoisotopic (exact) mass is 271 g/mol. The molecule has 1 N–H and O–H groups in total. The number of fused-ring (bicyclic) bond motifs is 4. The van der Waals surface area contributed by atoms with E-state index in [0.717, 1.165) is 18.7 Å². The highest BCUT2D eigenvalue weighted by Gasteiger charge is 2.46. The Morgan fingerprint density at radius 1 is 1.35 bits per heavy atom. The van der Waals surface area contributed by atoms with Gasteiger partial charge in [0.25, 0.3) is 0 Å². The van der Waals surface area contributed by atoms with Gasteiger partial charge >= 0.3 is 5.97 Å². The molecule has 20 heavy (non-hydrogen) atoms. The molecule has 4 nitrogen and oxygen atoms in total. The van der Waals surface area contributed by atoms with Crippen molar-refractivity contribution in [3.05, 3.63) is 46.7 Å². The average Bonchev–Trinajstić information content (AvgIpc) is 2.75. The minimum Gasteiger partial charge on any atom is -0.453 e. The van der Waals surface area contributed by atoms with Crippen LogP contribution in [0.5, 0.6) is 0 Å². The van der Waals surface area contributed by atoms with E-state index in [2.05, 4.69) is 23.1 Å². The first-order valence-electron chi connectivity index (χ1n) is 7.14. The van der Waals surface area contributed by atoms with Crippen molar-refractivity contribution in [2.75, 3.05) is 6.54 Å². The Balaban J connectivity index is 1.84. The van der Waals surface area contributed by atoms with Crippen LogP contribution in [0.3, 0.4) is 0 Å². The molecule has 0 spiro atoms. The topological polar surface area (TPSA) is 49.8 Å². The summed E-state index contributed by atoms with van der Waals surface area (Å²) >= 11 is 0. The van der Waals surface area contributed by atoms with Gasteiger partial charge in [-0.2, -0.15) is 0 Å². The van der Waals surface area contributed by atoms with Crippen LogP contribution in [0.4, 0.5) is 0 Å². The summed E-state index contributed by atoms with van der Waals surface area (Å²) in [5, 5.41) is 10.3. The molecular formula is C16H17NO3. The molecule has 1 aromatic carbocycles. The zero-order valence-corrected chi connectivity index (χ0v) is 11.4. The number of cyclic esters (lactones) is 1. The number of benzene rings is 1. The second-order valence-electron chi connectivity index (χ2n) is 5.76. The zero-order chi connectivity index (χ0) is 13.9. The molecule has 4 rings (SSSR count). The number of hydrogen-bond acceptors (Lipinski definition) is 4. The fourth-order valence-corrected chi connectivity index (χ4v) is 3.82. The van der Waals surface area contributed by atoms with Crippen LogP contribution in [0.25, 0.3) is 0 Å². The molecule has 0 amide bonds. The molecule has 0 fully saturated rings. The highest BCUT2D eigenvalue weighted by molar-refractivity contribution is 5.93. The Labute approximate surface area is 117 Å². The van der Waals surface area contributed by atoms with Crippen LogP contribution in [-0.4, -0.2) is 34.7 Å². The van der Waals surface area contributed by atoms with E-state index >= 15 is 0 Å². The minimum absolute atomic E-state index is 0.158. The normalized spacial score (nSPS) is 31.6. The molecule has 0 bridgehead atoms. The maximum atomic E-state index is 11.9. The van der Waals surface area contributed by atoms with Crippen molar-refractivity contribution < 1.29 is 14.6 Å². The first-order valence-corrected chi connectivity index (χ1v) is 7.14. The molecular weight excluding hydrogens is 254 g/mol. The van der Waals surface area contributed by atoms with Gasteiger partial charge in [-0.05, 0) is 24.5 Å². The van der Waals surface area contributed by atoms with Crippen molar-refractivity contribution in [2.45, 2.75) is 38.0 Å². The molecule has 0 saturated carbocycles. The highest BCUT2D eigenvalue weighted by Crippen LogP contribution is 2.44. The third-order valence-electron chi connectivity index (χ3n) is 4.67. The number of aliphatic hydroxyl groups is 1. The molecule has 3 aliphatic heterocycles. The van der Waals surface area contributed by atoms with Crippen molar-refractivity contribution in [3.8, 4) is 0 Å². The van der Waals surface area contributed by atoms with Gasteiger partial charge in [0.15, 0.2) is 0 Å². The van der Waals surface area contributed by atoms with Crippen molar-refractivity contribution in [1.29, 1.82) is 0 Å². The van der Waals surface area contributed by atoms with Gasteiger partial charge in [0, 0.05) is 13.0 Å². The number of aliphatic hydroxyl groups excluding tert-OH is 1. The Hall–Kier alpha value is -1.81. The van der Waals surface area contributed by atoms with E-state index in [0.29, 0.717) is 12.0 Å². The maximum absolute atomic E-state index is 11.9. The number of esters is 1. The predicted molar refractivity (Wildman–Crippen MR) is 72.8 cm³/mol. The first-order chi connectivity index (χ1) is 9.66. The highest BCUT2D eigenvalue weighted by atomic mass is 16.5. The lowest BCUT2D eigenvalue weighted by Crippen LogP contribution is -2.43. The lowest BCUT2D eigenvalue weighted by molar-refractivity contribution is -0.140. The summed E-state index contributed by atoms with van der Waals surface area (Å²) in [5.74, 6) is -0.350. The molecule has 4 heteroatoms. The number of carbonyl (C=O) groups is 1. The predicted octanol–water partition coefficient (Wildman–Crippen LogP) is 1.55. The first kappa shape index (κ1) is 12.0. The van der Waals surface area contributed by atoms with E-state index in [1.807, 2.05) is 13.0 Å². The maximum Gasteiger partial charge on any atom is 0.339 e. The Morgan fingerprint density at radius 3 is 3.00 bits per heavy atom. The van der Waals surface area contributed by atoms with Crippen LogP contribution in [0.1, 0.15) is 30.5 Å². The third kappa shape index (κ3) is 1.48. The summed E-state index contributed by atoms with van der Waals surface area (Å²) in [5.41, 5.74) is 4.00. The summed E-state index contributed by atoms with van der Waals surface area (Å²) in [6.07, 6.45) is 0.577. The fourth-order valence-electron chi connectivity index (χ4n) is 3.82. The van der Waals surface area contributed by atoms with Crippen molar-refractivity contribution in [1.82, 2.24) is 4.90 Å². The van der Waals surface area contributed by atoms with Gasteiger partial charge in [0.2, 0.25) is 0 Å². The summed E-state index contributed by atoms with van der Waals surface area (Å²) in [6.45, 7) is 2.77. The van der Waals surface area contributed by atoms with Crippen LogP contribution < -0.4 is 0 Å². The molecule has 1 aromatic rings. The Morgan fingerprint density at radius 2 is 2.15 bits per heavy atom. The van der Waals surface area contributed by atoms with E-state index in [1.54, 1.807) is 0 Å². The summed E-state index contributed by atoms with van der Waals surface area (Å²) < 4.78 is 5.30. The second-order valence-corrected chi connectivity index (χ2v) is 5.76. The molecule has 3 aliphatic rings. The molecule has 0 radical (unpaired) electrons. The fraction of sp³-hybridized carbons (Fsp3) is 0.438. The van der Waals surface area contributed by atoms with Crippen LogP contribution in [0, 0.1) is 0 Å². The second kappa shape index (κ2) is 4.09. The van der Waals surface area contributed by atoms with Gasteiger partial charge in [-0.25, -0.2) is 4.79 Å². The van der Waals surface area contributed by atoms with Crippen LogP contribution in [0.15, 0.2) is 35.5 Å². The Bertz CT molecular complexity index is 622. The largest absolute Gasteiger partial charge is 0.453 e. The lowest BCUT2D eigenvalue weighted by Gasteiger charge is -2.44. The number of hydrogen-bond donors (Lipinski definition) is 1. The standard InChI is InChI=1S/C16H17NO3/c1-9-15-14(16(19)20-9)13(18)8-12-11-5-3-2-4-10(11)6-7-17(12)15/h2-5,9,12-13,18H,6-8H2,1H3/t9-,12+,13+/m0/s1. The molecule has 0 saturated heterocycles. The van der Waals surface area contributed by atoms with Gasteiger partial charge in [-0.15, -0.1) is 0 Å². The van der Waals surface area contributed by atoms with Crippen molar-refractivity contribution >= 4 is 5.97 Å². The van der Waals surface area contributed by atoms with E-state index in [1.165, 1.54) is 11.1 Å². The smallest absolute Gasteiger partial charge is 0.339 e. The molecule has 0 aliphatic carbocycles. The quantitative estimate of drug-likeness (QED) is 0.727.